The molecule has 0 saturated heterocycles. The van der Waals surface area contributed by atoms with Crippen LogP contribution in [-0.2, 0) is 0 Å². The maximum Gasteiger partial charge on any atom is 0.152 e. The van der Waals surface area contributed by atoms with Gasteiger partial charge in [-0.1, -0.05) is 18.2 Å². The summed E-state index contributed by atoms with van der Waals surface area (Å²) >= 11 is 0. The molecular weight excluding hydrogens is 286 g/mol. The van der Waals surface area contributed by atoms with E-state index in [-0.39, 0.29) is 0 Å². The van der Waals surface area contributed by atoms with Crippen molar-refractivity contribution in [2.24, 2.45) is 0 Å². The molecule has 0 aliphatic carbocycles. The van der Waals surface area contributed by atoms with Crippen LogP contribution in [0.5, 0.6) is 0 Å². The summed E-state index contributed by atoms with van der Waals surface area (Å²) in [6.07, 6.45) is 3.54. The predicted molar refractivity (Wildman–Crippen MR) is 89.2 cm³/mol. The topological polar surface area (TPSA) is 43.9 Å². The van der Waals surface area contributed by atoms with Gasteiger partial charge in [0.05, 0.1) is 11.4 Å². The fourth-order valence-corrected chi connectivity index (χ4v) is 2.56. The fraction of sp³-hybridized carbons (Fsp3) is 0.0526. The molecule has 0 N–H and O–H groups in total. The summed E-state index contributed by atoms with van der Waals surface area (Å²) in [7, 11) is 0. The summed E-state index contributed by atoms with van der Waals surface area (Å²) in [5.41, 5.74) is 3.84. The molecule has 3 heterocycles. The van der Waals surface area contributed by atoms with Gasteiger partial charge in [-0.25, -0.2) is 4.68 Å². The van der Waals surface area contributed by atoms with E-state index in [4.69, 9.17) is 9.52 Å². The Hall–Kier alpha value is -3.14. The predicted octanol–water partition coefficient (Wildman–Crippen LogP) is 4.50. The molecule has 0 unspecified atom stereocenters. The first-order valence-corrected chi connectivity index (χ1v) is 7.44. The molecule has 112 valence electrons. The van der Waals surface area contributed by atoms with E-state index in [2.05, 4.69) is 4.98 Å². The van der Waals surface area contributed by atoms with Crippen LogP contribution in [0, 0.1) is 6.92 Å². The summed E-state index contributed by atoms with van der Waals surface area (Å²) in [5.74, 6) is 1.69. The first kappa shape index (κ1) is 13.5. The van der Waals surface area contributed by atoms with Crippen LogP contribution in [0.3, 0.4) is 0 Å². The SMILES string of the molecule is Cc1ccc(-c2cc(-c3ccncc3)nn2-c2ccccc2)o1. The number of hydrogen-bond donors (Lipinski definition) is 0. The highest BCUT2D eigenvalue weighted by Gasteiger charge is 2.15. The number of aryl methyl sites for hydroxylation is 1. The molecule has 0 saturated carbocycles. The number of hydrogen-bond acceptors (Lipinski definition) is 3. The van der Waals surface area contributed by atoms with E-state index in [1.807, 2.05) is 72.3 Å². The monoisotopic (exact) mass is 301 g/mol. The fourth-order valence-electron chi connectivity index (χ4n) is 2.56. The van der Waals surface area contributed by atoms with Crippen molar-refractivity contribution in [3.63, 3.8) is 0 Å². The Balaban J connectivity index is 1.91. The lowest BCUT2D eigenvalue weighted by Gasteiger charge is -2.05. The van der Waals surface area contributed by atoms with Gasteiger partial charge in [-0.15, -0.1) is 0 Å². The molecule has 0 aliphatic rings. The minimum atomic E-state index is 0.805. The zero-order valence-electron chi connectivity index (χ0n) is 12.7. The van der Waals surface area contributed by atoms with Gasteiger partial charge in [0.1, 0.15) is 11.5 Å². The Kier molecular flexibility index (Phi) is 3.27. The second kappa shape index (κ2) is 5.57. The van der Waals surface area contributed by atoms with E-state index in [0.717, 1.165) is 34.2 Å². The molecule has 3 aromatic heterocycles. The van der Waals surface area contributed by atoms with Crippen LogP contribution in [0.15, 0.2) is 77.5 Å². The van der Waals surface area contributed by atoms with Gasteiger partial charge in [0.25, 0.3) is 0 Å². The average molecular weight is 301 g/mol. The van der Waals surface area contributed by atoms with Gasteiger partial charge < -0.3 is 4.42 Å². The Bertz CT molecular complexity index is 924. The summed E-state index contributed by atoms with van der Waals surface area (Å²) in [5, 5.41) is 4.77. The van der Waals surface area contributed by atoms with Gasteiger partial charge in [0.2, 0.25) is 0 Å². The van der Waals surface area contributed by atoms with Crippen LogP contribution in [0.25, 0.3) is 28.4 Å². The number of para-hydroxylation sites is 1. The van der Waals surface area contributed by atoms with Crippen molar-refractivity contribution in [3.8, 4) is 28.4 Å². The Morgan fingerprint density at radius 3 is 2.39 bits per heavy atom. The molecule has 0 radical (unpaired) electrons. The lowest BCUT2D eigenvalue weighted by atomic mass is 10.2. The van der Waals surface area contributed by atoms with E-state index >= 15 is 0 Å². The summed E-state index contributed by atoms with van der Waals surface area (Å²) < 4.78 is 7.72. The van der Waals surface area contributed by atoms with E-state index in [0.29, 0.717) is 0 Å². The van der Waals surface area contributed by atoms with Crippen molar-refractivity contribution in [2.45, 2.75) is 6.92 Å². The summed E-state index contributed by atoms with van der Waals surface area (Å²) in [4.78, 5) is 4.07. The number of nitrogens with zero attached hydrogens (tertiary/aromatic N) is 3. The Morgan fingerprint density at radius 1 is 0.913 bits per heavy atom. The van der Waals surface area contributed by atoms with Gasteiger partial charge in [-0.3, -0.25) is 4.98 Å². The van der Waals surface area contributed by atoms with Crippen LogP contribution < -0.4 is 0 Å². The van der Waals surface area contributed by atoms with Crippen molar-refractivity contribution < 1.29 is 4.42 Å². The van der Waals surface area contributed by atoms with Crippen LogP contribution in [0.4, 0.5) is 0 Å². The molecule has 0 spiro atoms. The highest BCUT2D eigenvalue weighted by atomic mass is 16.3. The normalized spacial score (nSPS) is 10.8. The highest BCUT2D eigenvalue weighted by molar-refractivity contribution is 5.67. The van der Waals surface area contributed by atoms with E-state index in [1.54, 1.807) is 12.4 Å². The van der Waals surface area contributed by atoms with Gasteiger partial charge in [0.15, 0.2) is 5.76 Å². The summed E-state index contributed by atoms with van der Waals surface area (Å²) in [6.45, 7) is 1.94. The molecule has 0 aliphatic heterocycles. The molecule has 0 atom stereocenters. The molecule has 4 aromatic rings. The minimum absolute atomic E-state index is 0.805. The van der Waals surface area contributed by atoms with Crippen LogP contribution in [-0.4, -0.2) is 14.8 Å². The highest BCUT2D eigenvalue weighted by Crippen LogP contribution is 2.29. The molecule has 4 heteroatoms. The molecule has 0 bridgehead atoms. The van der Waals surface area contributed by atoms with E-state index in [1.165, 1.54) is 0 Å². The van der Waals surface area contributed by atoms with Gasteiger partial charge in [-0.05, 0) is 49.4 Å². The third-order valence-electron chi connectivity index (χ3n) is 3.68. The number of benzene rings is 1. The van der Waals surface area contributed by atoms with Crippen LogP contribution in [0.1, 0.15) is 5.76 Å². The van der Waals surface area contributed by atoms with Crippen LogP contribution in [0.2, 0.25) is 0 Å². The molecule has 4 nitrogen and oxygen atoms in total. The molecule has 0 fully saturated rings. The largest absolute Gasteiger partial charge is 0.460 e. The molecular formula is C19H15N3O. The van der Waals surface area contributed by atoms with Crippen molar-refractivity contribution in [2.75, 3.05) is 0 Å². The maximum absolute atomic E-state index is 5.81. The van der Waals surface area contributed by atoms with Crippen LogP contribution >= 0.6 is 0 Å². The number of furan rings is 1. The molecule has 23 heavy (non-hydrogen) atoms. The first-order valence-electron chi connectivity index (χ1n) is 7.44. The third-order valence-corrected chi connectivity index (χ3v) is 3.68. The van der Waals surface area contributed by atoms with Crippen molar-refractivity contribution >= 4 is 0 Å². The average Bonchev–Trinajstić information content (AvgIpc) is 3.23. The van der Waals surface area contributed by atoms with Crippen molar-refractivity contribution in [1.29, 1.82) is 0 Å². The number of aromatic nitrogens is 3. The third kappa shape index (κ3) is 2.55. The second-order valence-electron chi connectivity index (χ2n) is 5.31. The second-order valence-corrected chi connectivity index (χ2v) is 5.31. The van der Waals surface area contributed by atoms with Gasteiger partial charge in [-0.2, -0.15) is 5.10 Å². The van der Waals surface area contributed by atoms with Gasteiger partial charge >= 0.3 is 0 Å². The zero-order valence-corrected chi connectivity index (χ0v) is 12.7. The lowest BCUT2D eigenvalue weighted by molar-refractivity contribution is 0.544. The van der Waals surface area contributed by atoms with Gasteiger partial charge in [0, 0.05) is 18.0 Å². The molecule has 4 rings (SSSR count). The quantitative estimate of drug-likeness (QED) is 0.559. The summed E-state index contributed by atoms with van der Waals surface area (Å²) in [6, 6.07) is 19.9. The minimum Gasteiger partial charge on any atom is -0.460 e. The van der Waals surface area contributed by atoms with E-state index < -0.39 is 0 Å². The standard InChI is InChI=1S/C19H15N3O/c1-14-7-8-19(23-14)18-13-17(15-9-11-20-12-10-15)21-22(18)16-5-3-2-4-6-16/h2-13H,1H3. The molecule has 1 aromatic carbocycles. The van der Waals surface area contributed by atoms with E-state index in [9.17, 15) is 0 Å². The smallest absolute Gasteiger partial charge is 0.152 e. The molecule has 0 amide bonds. The van der Waals surface area contributed by atoms with Crippen molar-refractivity contribution in [3.05, 3.63) is 78.8 Å². The maximum atomic E-state index is 5.81. The Labute approximate surface area is 134 Å². The van der Waals surface area contributed by atoms with Crippen molar-refractivity contribution in [1.82, 2.24) is 14.8 Å². The number of rotatable bonds is 3. The first-order chi connectivity index (χ1) is 11.3. The Morgan fingerprint density at radius 2 is 1.70 bits per heavy atom. The lowest BCUT2D eigenvalue weighted by Crippen LogP contribution is -1.98. The number of pyridine rings is 1. The zero-order chi connectivity index (χ0) is 15.6.